The number of para-hydroxylation sites is 1. The number of aryl methyl sites for hydroxylation is 1. The van der Waals surface area contributed by atoms with Gasteiger partial charge in [0, 0.05) is 6.42 Å². The summed E-state index contributed by atoms with van der Waals surface area (Å²) in [6.07, 6.45) is 0.655. The molecule has 2 aromatic rings. The molecule has 0 saturated heterocycles. The van der Waals surface area contributed by atoms with Crippen molar-refractivity contribution in [1.82, 2.24) is 14.9 Å². The fourth-order valence-corrected chi connectivity index (χ4v) is 2.45. The molecule has 8 nitrogen and oxygen atoms in total. The van der Waals surface area contributed by atoms with Gasteiger partial charge in [-0.3, -0.25) is 9.59 Å². The van der Waals surface area contributed by atoms with Crippen LogP contribution in [0.4, 0.5) is 5.69 Å². The smallest absolute Gasteiger partial charge is 0.250 e. The van der Waals surface area contributed by atoms with Gasteiger partial charge in [0.15, 0.2) is 5.82 Å². The molecule has 0 radical (unpaired) electrons. The predicted molar refractivity (Wildman–Crippen MR) is 83.9 cm³/mol. The van der Waals surface area contributed by atoms with Crippen LogP contribution in [0.1, 0.15) is 23.1 Å². The molecule has 0 aliphatic carbocycles. The van der Waals surface area contributed by atoms with Crippen molar-refractivity contribution in [2.45, 2.75) is 18.5 Å². The number of anilines is 1. The van der Waals surface area contributed by atoms with Crippen molar-refractivity contribution >= 4 is 29.3 Å². The van der Waals surface area contributed by atoms with E-state index in [9.17, 15) is 9.59 Å². The number of nitrogens with one attached hydrogen (secondary N) is 1. The van der Waals surface area contributed by atoms with Gasteiger partial charge in [-0.05, 0) is 12.1 Å². The number of carbonyl (C=O) groups is 2. The second-order valence-electron chi connectivity index (χ2n) is 4.37. The molecule has 1 aromatic heterocycles. The van der Waals surface area contributed by atoms with E-state index in [0.29, 0.717) is 23.1 Å². The van der Waals surface area contributed by atoms with Gasteiger partial charge in [0.25, 0.3) is 5.91 Å². The van der Waals surface area contributed by atoms with E-state index < -0.39 is 5.91 Å². The number of hydrogen-bond donors (Lipinski definition) is 3. The van der Waals surface area contributed by atoms with Crippen LogP contribution in [0.25, 0.3) is 0 Å². The number of amides is 2. The van der Waals surface area contributed by atoms with Gasteiger partial charge in [0.05, 0.1) is 17.0 Å². The Morgan fingerprint density at radius 2 is 2.05 bits per heavy atom. The second-order valence-corrected chi connectivity index (χ2v) is 5.31. The lowest BCUT2D eigenvalue weighted by atomic mass is 10.1. The van der Waals surface area contributed by atoms with Gasteiger partial charge < -0.3 is 16.9 Å². The maximum atomic E-state index is 12.0. The zero-order valence-corrected chi connectivity index (χ0v) is 12.8. The summed E-state index contributed by atoms with van der Waals surface area (Å²) in [6, 6.07) is 6.55. The van der Waals surface area contributed by atoms with Crippen LogP contribution < -0.4 is 16.9 Å². The van der Waals surface area contributed by atoms with Gasteiger partial charge in [-0.1, -0.05) is 30.8 Å². The van der Waals surface area contributed by atoms with Gasteiger partial charge in [0.1, 0.15) is 0 Å². The summed E-state index contributed by atoms with van der Waals surface area (Å²) in [4.78, 5) is 23.3. The summed E-state index contributed by atoms with van der Waals surface area (Å²) in [7, 11) is 0. The van der Waals surface area contributed by atoms with Gasteiger partial charge >= 0.3 is 0 Å². The molecule has 1 aromatic carbocycles. The van der Waals surface area contributed by atoms with Crippen molar-refractivity contribution in [3.05, 3.63) is 35.7 Å². The average molecular weight is 320 g/mol. The summed E-state index contributed by atoms with van der Waals surface area (Å²) in [5, 5.41) is 10.9. The SMILES string of the molecule is CCc1nnc(SCC(=O)Nc2ccccc2C(N)=O)n1N. The number of thioether (sulfide) groups is 1. The fourth-order valence-electron chi connectivity index (χ4n) is 1.77. The third-order valence-corrected chi connectivity index (χ3v) is 3.79. The number of nitrogens with two attached hydrogens (primary N) is 2. The highest BCUT2D eigenvalue weighted by Crippen LogP contribution is 2.17. The fraction of sp³-hybridized carbons (Fsp3) is 0.231. The Labute approximate surface area is 131 Å². The standard InChI is InChI=1S/C13H16N6O2S/c1-2-10-17-18-13(19(10)15)22-7-11(20)16-9-6-4-3-5-8(9)12(14)21/h3-6H,2,7,15H2,1H3,(H2,14,21)(H,16,20). The van der Waals surface area contributed by atoms with E-state index in [0.717, 1.165) is 11.8 Å². The molecule has 0 saturated carbocycles. The van der Waals surface area contributed by atoms with Crippen LogP contribution in [0.15, 0.2) is 29.4 Å². The summed E-state index contributed by atoms with van der Waals surface area (Å²) < 4.78 is 1.36. The van der Waals surface area contributed by atoms with Crippen LogP contribution in [0.5, 0.6) is 0 Å². The van der Waals surface area contributed by atoms with Crippen molar-refractivity contribution in [3.63, 3.8) is 0 Å². The Bertz CT molecular complexity index is 700. The van der Waals surface area contributed by atoms with Crippen LogP contribution in [0.3, 0.4) is 0 Å². The van der Waals surface area contributed by atoms with E-state index in [1.165, 1.54) is 4.68 Å². The summed E-state index contributed by atoms with van der Waals surface area (Å²) in [5.41, 5.74) is 5.90. The van der Waals surface area contributed by atoms with E-state index in [-0.39, 0.29) is 17.2 Å². The Balaban J connectivity index is 1.99. The van der Waals surface area contributed by atoms with Crippen LogP contribution in [0, 0.1) is 0 Å². The van der Waals surface area contributed by atoms with Crippen molar-refractivity contribution in [1.29, 1.82) is 0 Å². The first kappa shape index (κ1) is 15.8. The molecule has 2 amide bonds. The third-order valence-electron chi connectivity index (χ3n) is 2.85. The summed E-state index contributed by atoms with van der Waals surface area (Å²) >= 11 is 1.16. The van der Waals surface area contributed by atoms with Crippen LogP contribution in [-0.4, -0.2) is 32.4 Å². The second kappa shape index (κ2) is 6.94. The Morgan fingerprint density at radius 1 is 1.32 bits per heavy atom. The lowest BCUT2D eigenvalue weighted by molar-refractivity contribution is -0.113. The minimum absolute atomic E-state index is 0.0894. The van der Waals surface area contributed by atoms with Crippen molar-refractivity contribution in [3.8, 4) is 0 Å². The van der Waals surface area contributed by atoms with E-state index >= 15 is 0 Å². The molecular formula is C13H16N6O2S. The first-order valence-electron chi connectivity index (χ1n) is 6.53. The van der Waals surface area contributed by atoms with Crippen LogP contribution >= 0.6 is 11.8 Å². The van der Waals surface area contributed by atoms with Crippen LogP contribution in [0.2, 0.25) is 0 Å². The number of benzene rings is 1. The molecule has 5 N–H and O–H groups in total. The minimum Gasteiger partial charge on any atom is -0.366 e. The zero-order valence-electron chi connectivity index (χ0n) is 11.9. The number of rotatable bonds is 6. The average Bonchev–Trinajstić information content (AvgIpc) is 2.85. The number of nitrogens with zero attached hydrogens (tertiary/aromatic N) is 3. The maximum absolute atomic E-state index is 12.0. The van der Waals surface area contributed by atoms with E-state index in [1.807, 2.05) is 6.92 Å². The minimum atomic E-state index is -0.599. The van der Waals surface area contributed by atoms with Crippen molar-refractivity contribution in [2.75, 3.05) is 16.9 Å². The highest BCUT2D eigenvalue weighted by Gasteiger charge is 2.13. The predicted octanol–water partition coefficient (Wildman–Crippen LogP) is 0.384. The molecule has 0 unspecified atom stereocenters. The largest absolute Gasteiger partial charge is 0.366 e. The molecular weight excluding hydrogens is 304 g/mol. The van der Waals surface area contributed by atoms with Gasteiger partial charge in [-0.2, -0.15) is 0 Å². The molecule has 0 spiro atoms. The third kappa shape index (κ3) is 3.55. The highest BCUT2D eigenvalue weighted by molar-refractivity contribution is 7.99. The molecule has 116 valence electrons. The molecule has 22 heavy (non-hydrogen) atoms. The molecule has 2 rings (SSSR count). The molecule has 0 atom stereocenters. The number of aromatic nitrogens is 3. The first-order valence-corrected chi connectivity index (χ1v) is 7.52. The highest BCUT2D eigenvalue weighted by atomic mass is 32.2. The summed E-state index contributed by atoms with van der Waals surface area (Å²) in [5.74, 6) is 5.63. The molecule has 1 heterocycles. The maximum Gasteiger partial charge on any atom is 0.250 e. The Kier molecular flexibility index (Phi) is 4.99. The zero-order chi connectivity index (χ0) is 16.1. The number of hydrogen-bond acceptors (Lipinski definition) is 6. The van der Waals surface area contributed by atoms with Crippen molar-refractivity contribution in [2.24, 2.45) is 5.73 Å². The van der Waals surface area contributed by atoms with Gasteiger partial charge in [0.2, 0.25) is 11.1 Å². The normalized spacial score (nSPS) is 10.4. The lowest BCUT2D eigenvalue weighted by Crippen LogP contribution is -2.20. The van der Waals surface area contributed by atoms with E-state index in [4.69, 9.17) is 11.6 Å². The molecule has 9 heteroatoms. The lowest BCUT2D eigenvalue weighted by Gasteiger charge is -2.08. The topological polar surface area (TPSA) is 129 Å². The number of primary amides is 1. The first-order chi connectivity index (χ1) is 10.5. The summed E-state index contributed by atoms with van der Waals surface area (Å²) in [6.45, 7) is 1.91. The molecule has 0 aliphatic heterocycles. The Morgan fingerprint density at radius 3 is 2.68 bits per heavy atom. The van der Waals surface area contributed by atoms with Crippen LogP contribution in [-0.2, 0) is 11.2 Å². The monoisotopic (exact) mass is 320 g/mol. The quantitative estimate of drug-likeness (QED) is 0.521. The molecule has 0 bridgehead atoms. The molecule has 0 fully saturated rings. The Hall–Kier alpha value is -2.55. The van der Waals surface area contributed by atoms with Gasteiger partial charge in [-0.15, -0.1) is 10.2 Å². The van der Waals surface area contributed by atoms with E-state index in [2.05, 4.69) is 15.5 Å². The van der Waals surface area contributed by atoms with E-state index in [1.54, 1.807) is 24.3 Å². The molecule has 0 aliphatic rings. The number of nitrogen functional groups attached to an aromatic ring is 1. The number of carbonyl (C=O) groups excluding carboxylic acids is 2. The van der Waals surface area contributed by atoms with Crippen molar-refractivity contribution < 1.29 is 9.59 Å². The van der Waals surface area contributed by atoms with Gasteiger partial charge in [-0.25, -0.2) is 4.68 Å².